The first-order valence-corrected chi connectivity index (χ1v) is 6.87. The van der Waals surface area contributed by atoms with Gasteiger partial charge in [0.05, 0.1) is 6.61 Å². The molecule has 1 aliphatic heterocycles. The lowest BCUT2D eigenvalue weighted by Crippen LogP contribution is -2.43. The molecule has 19 heavy (non-hydrogen) atoms. The molecule has 2 rings (SSSR count). The van der Waals surface area contributed by atoms with Crippen molar-refractivity contribution in [3.05, 3.63) is 34.9 Å². The van der Waals surface area contributed by atoms with Crippen LogP contribution in [-0.4, -0.2) is 31.6 Å². The van der Waals surface area contributed by atoms with Gasteiger partial charge >= 0.3 is 0 Å². The normalized spacial score (nSPS) is 20.3. The van der Waals surface area contributed by atoms with E-state index < -0.39 is 0 Å². The van der Waals surface area contributed by atoms with Crippen LogP contribution < -0.4 is 5.32 Å². The van der Waals surface area contributed by atoms with Crippen LogP contribution in [0.5, 0.6) is 0 Å². The fourth-order valence-electron chi connectivity index (χ4n) is 2.31. The summed E-state index contributed by atoms with van der Waals surface area (Å²) in [6.07, 6.45) is -0.340. The minimum Gasteiger partial charge on any atom is -0.367 e. The third-order valence-corrected chi connectivity index (χ3v) is 3.58. The Morgan fingerprint density at radius 2 is 2.11 bits per heavy atom. The highest BCUT2D eigenvalue weighted by molar-refractivity contribution is 6.01. The van der Waals surface area contributed by atoms with Crippen molar-refractivity contribution in [2.45, 2.75) is 39.2 Å². The molecule has 1 unspecified atom stereocenters. The number of carbonyl (C=O) groups excluding carboxylic acids is 1. The highest BCUT2D eigenvalue weighted by Crippen LogP contribution is 2.25. The molecule has 1 N–H and O–H groups in total. The Balaban J connectivity index is 2.23. The number of ketones is 1. The van der Waals surface area contributed by atoms with Crippen molar-refractivity contribution in [1.82, 2.24) is 5.32 Å². The maximum absolute atomic E-state index is 12.4. The van der Waals surface area contributed by atoms with E-state index in [1.165, 1.54) is 5.56 Å². The number of morpholine rings is 1. The summed E-state index contributed by atoms with van der Waals surface area (Å²) in [7, 11) is 0. The number of hydrogen-bond donors (Lipinski definition) is 1. The van der Waals surface area contributed by atoms with Crippen LogP contribution in [0, 0.1) is 6.92 Å². The van der Waals surface area contributed by atoms with E-state index in [1.54, 1.807) is 0 Å². The van der Waals surface area contributed by atoms with E-state index in [1.807, 2.05) is 13.0 Å². The van der Waals surface area contributed by atoms with Crippen LogP contribution in [0.25, 0.3) is 0 Å². The lowest BCUT2D eigenvalue weighted by molar-refractivity contribution is 0.0269. The molecule has 0 spiro atoms. The van der Waals surface area contributed by atoms with E-state index in [0.29, 0.717) is 13.2 Å². The van der Waals surface area contributed by atoms with Crippen molar-refractivity contribution in [2.75, 3.05) is 19.7 Å². The first-order chi connectivity index (χ1) is 8.89. The molecule has 1 saturated heterocycles. The smallest absolute Gasteiger partial charge is 0.193 e. The van der Waals surface area contributed by atoms with Crippen LogP contribution in [-0.2, 0) is 10.2 Å². The summed E-state index contributed by atoms with van der Waals surface area (Å²) in [5, 5.41) is 3.19. The monoisotopic (exact) mass is 261 g/mol. The molecule has 1 heterocycles. The molecule has 1 aromatic rings. The summed E-state index contributed by atoms with van der Waals surface area (Å²) in [5.74, 6) is 0.0881. The second kappa shape index (κ2) is 5.43. The predicted molar refractivity (Wildman–Crippen MR) is 76.8 cm³/mol. The zero-order chi connectivity index (χ0) is 14.0. The molecule has 1 aliphatic rings. The molecular weight excluding hydrogens is 238 g/mol. The Morgan fingerprint density at radius 1 is 1.37 bits per heavy atom. The second-order valence-corrected chi connectivity index (χ2v) is 6.21. The van der Waals surface area contributed by atoms with Gasteiger partial charge in [-0.1, -0.05) is 39.0 Å². The van der Waals surface area contributed by atoms with Crippen LogP contribution in [0.15, 0.2) is 18.2 Å². The highest BCUT2D eigenvalue weighted by Gasteiger charge is 2.25. The molecule has 3 heteroatoms. The van der Waals surface area contributed by atoms with Crippen molar-refractivity contribution in [1.29, 1.82) is 0 Å². The van der Waals surface area contributed by atoms with Crippen molar-refractivity contribution in [3.8, 4) is 0 Å². The summed E-state index contributed by atoms with van der Waals surface area (Å²) in [5.41, 5.74) is 3.17. The average Bonchev–Trinajstić information content (AvgIpc) is 2.38. The van der Waals surface area contributed by atoms with Crippen molar-refractivity contribution in [2.24, 2.45) is 0 Å². The van der Waals surface area contributed by atoms with Gasteiger partial charge in [0, 0.05) is 18.7 Å². The van der Waals surface area contributed by atoms with Gasteiger partial charge in [-0.3, -0.25) is 4.79 Å². The fraction of sp³-hybridized carbons (Fsp3) is 0.562. The van der Waals surface area contributed by atoms with E-state index in [-0.39, 0.29) is 17.3 Å². The summed E-state index contributed by atoms with van der Waals surface area (Å²) < 4.78 is 5.53. The van der Waals surface area contributed by atoms with Gasteiger partial charge in [0.1, 0.15) is 6.10 Å². The van der Waals surface area contributed by atoms with Crippen LogP contribution in [0.2, 0.25) is 0 Å². The molecule has 104 valence electrons. The van der Waals surface area contributed by atoms with Gasteiger partial charge in [-0.25, -0.2) is 0 Å². The SMILES string of the molecule is Cc1cc(C(C)(C)C)ccc1C(=O)C1CNCCO1. The summed E-state index contributed by atoms with van der Waals surface area (Å²) in [6.45, 7) is 10.6. The van der Waals surface area contributed by atoms with Gasteiger partial charge in [-0.05, 0) is 23.5 Å². The zero-order valence-electron chi connectivity index (χ0n) is 12.2. The standard InChI is InChI=1S/C16H23NO2/c1-11-9-12(16(2,3)4)5-6-13(11)15(18)14-10-17-7-8-19-14/h5-6,9,14,17H,7-8,10H2,1-4H3. The number of nitrogens with one attached hydrogen (secondary N) is 1. The molecular formula is C16H23NO2. The van der Waals surface area contributed by atoms with Crippen molar-refractivity contribution in [3.63, 3.8) is 0 Å². The second-order valence-electron chi connectivity index (χ2n) is 6.21. The lowest BCUT2D eigenvalue weighted by Gasteiger charge is -2.24. The number of ether oxygens (including phenoxy) is 1. The van der Waals surface area contributed by atoms with E-state index in [4.69, 9.17) is 4.74 Å². The molecule has 1 fully saturated rings. The molecule has 1 aromatic carbocycles. The van der Waals surface area contributed by atoms with Crippen molar-refractivity contribution >= 4 is 5.78 Å². The number of Topliss-reactive ketones (excluding diaryl/α,β-unsaturated/α-hetero) is 1. The maximum Gasteiger partial charge on any atom is 0.193 e. The molecule has 0 amide bonds. The van der Waals surface area contributed by atoms with Gasteiger partial charge in [-0.15, -0.1) is 0 Å². The van der Waals surface area contributed by atoms with Gasteiger partial charge in [-0.2, -0.15) is 0 Å². The van der Waals surface area contributed by atoms with E-state index >= 15 is 0 Å². The fourth-order valence-corrected chi connectivity index (χ4v) is 2.31. The Hall–Kier alpha value is -1.19. The Morgan fingerprint density at radius 3 is 2.63 bits per heavy atom. The molecule has 0 aromatic heterocycles. The summed E-state index contributed by atoms with van der Waals surface area (Å²) in [6, 6.07) is 6.11. The first kappa shape index (κ1) is 14.2. The summed E-state index contributed by atoms with van der Waals surface area (Å²) in [4.78, 5) is 12.4. The molecule has 0 radical (unpaired) electrons. The van der Waals surface area contributed by atoms with Crippen LogP contribution in [0.3, 0.4) is 0 Å². The van der Waals surface area contributed by atoms with Gasteiger partial charge in [0.15, 0.2) is 5.78 Å². The average molecular weight is 261 g/mol. The van der Waals surface area contributed by atoms with Crippen molar-refractivity contribution < 1.29 is 9.53 Å². The number of carbonyl (C=O) groups is 1. The molecule has 3 nitrogen and oxygen atoms in total. The van der Waals surface area contributed by atoms with Gasteiger partial charge in [0.2, 0.25) is 0 Å². The number of rotatable bonds is 2. The highest BCUT2D eigenvalue weighted by atomic mass is 16.5. The van der Waals surface area contributed by atoms with E-state index in [0.717, 1.165) is 17.7 Å². The minimum atomic E-state index is -0.340. The van der Waals surface area contributed by atoms with Gasteiger partial charge < -0.3 is 10.1 Å². The third kappa shape index (κ3) is 3.23. The number of aryl methyl sites for hydroxylation is 1. The number of hydrogen-bond acceptors (Lipinski definition) is 3. The van der Waals surface area contributed by atoms with Gasteiger partial charge in [0.25, 0.3) is 0 Å². The topological polar surface area (TPSA) is 38.3 Å². The largest absolute Gasteiger partial charge is 0.367 e. The third-order valence-electron chi connectivity index (χ3n) is 3.58. The Labute approximate surface area is 115 Å². The Kier molecular flexibility index (Phi) is 4.07. The molecule has 0 aliphatic carbocycles. The molecule has 0 saturated carbocycles. The quantitative estimate of drug-likeness (QED) is 0.831. The minimum absolute atomic E-state index is 0.0881. The van der Waals surface area contributed by atoms with E-state index in [9.17, 15) is 4.79 Å². The zero-order valence-corrected chi connectivity index (χ0v) is 12.2. The van der Waals surface area contributed by atoms with Crippen LogP contribution in [0.4, 0.5) is 0 Å². The predicted octanol–water partition coefficient (Wildman–Crippen LogP) is 2.46. The van der Waals surface area contributed by atoms with Crippen LogP contribution >= 0.6 is 0 Å². The Bertz CT molecular complexity index is 468. The molecule has 1 atom stereocenters. The number of benzene rings is 1. The summed E-state index contributed by atoms with van der Waals surface area (Å²) >= 11 is 0. The van der Waals surface area contributed by atoms with Crippen LogP contribution in [0.1, 0.15) is 42.3 Å². The molecule has 0 bridgehead atoms. The van der Waals surface area contributed by atoms with E-state index in [2.05, 4.69) is 38.2 Å². The lowest BCUT2D eigenvalue weighted by atomic mass is 9.84. The maximum atomic E-state index is 12.4. The first-order valence-electron chi connectivity index (χ1n) is 6.87.